The lowest BCUT2D eigenvalue weighted by atomic mass is 10.0. The Morgan fingerprint density at radius 1 is 1.53 bits per heavy atom. The molecule has 0 saturated heterocycles. The normalized spacial score (nSPS) is 16.9. The maximum absolute atomic E-state index is 10.3. The molecule has 0 radical (unpaired) electrons. The van der Waals surface area contributed by atoms with Gasteiger partial charge in [0.05, 0.1) is 0 Å². The molecule has 15 heavy (non-hydrogen) atoms. The maximum atomic E-state index is 10.3. The highest BCUT2D eigenvalue weighted by atomic mass is 32.2. The van der Waals surface area contributed by atoms with Crippen LogP contribution in [0.5, 0.6) is 5.75 Å². The molecule has 0 unspecified atom stereocenters. The minimum Gasteiger partial charge on any atom is -0.508 e. The van der Waals surface area contributed by atoms with Gasteiger partial charge in [-0.2, -0.15) is 4.99 Å². The molecular weight excluding hydrogens is 210 g/mol. The Hall–Kier alpha value is -1.25. The van der Waals surface area contributed by atoms with Crippen LogP contribution in [0.2, 0.25) is 0 Å². The van der Waals surface area contributed by atoms with Gasteiger partial charge in [0.1, 0.15) is 11.3 Å². The van der Waals surface area contributed by atoms with Gasteiger partial charge >= 0.3 is 0 Å². The smallest absolute Gasteiger partial charge is 0.235 e. The zero-order valence-corrected chi connectivity index (χ0v) is 9.17. The van der Waals surface area contributed by atoms with Gasteiger partial charge < -0.3 is 5.11 Å². The van der Waals surface area contributed by atoms with Crippen molar-refractivity contribution in [2.45, 2.75) is 23.3 Å². The minimum atomic E-state index is -0.489. The van der Waals surface area contributed by atoms with E-state index in [1.165, 1.54) is 0 Å². The standard InChI is InChI=1S/C11H11NO2S/c1-15-8-2-3-10(14)9(6-8)11(4-5-11)12-7-13/h2-3,6,14H,4-5H2,1H3. The topological polar surface area (TPSA) is 49.7 Å². The van der Waals surface area contributed by atoms with E-state index in [1.54, 1.807) is 23.9 Å². The molecule has 1 aliphatic rings. The number of aromatic hydroxyl groups is 1. The highest BCUT2D eigenvalue weighted by Gasteiger charge is 2.46. The number of phenolic OH excluding ortho intramolecular Hbond substituents is 1. The fraction of sp³-hybridized carbons (Fsp3) is 0.364. The first kappa shape index (κ1) is 10.3. The monoisotopic (exact) mass is 221 g/mol. The van der Waals surface area contributed by atoms with E-state index in [2.05, 4.69) is 4.99 Å². The lowest BCUT2D eigenvalue weighted by molar-refractivity contribution is 0.458. The van der Waals surface area contributed by atoms with Crippen molar-refractivity contribution in [3.8, 4) is 5.75 Å². The van der Waals surface area contributed by atoms with Gasteiger partial charge in [-0.05, 0) is 37.3 Å². The number of hydrogen-bond acceptors (Lipinski definition) is 4. The Kier molecular flexibility index (Phi) is 2.55. The largest absolute Gasteiger partial charge is 0.508 e. The molecule has 0 amide bonds. The minimum absolute atomic E-state index is 0.212. The van der Waals surface area contributed by atoms with Gasteiger partial charge in [-0.1, -0.05) is 0 Å². The van der Waals surface area contributed by atoms with Gasteiger partial charge in [0.15, 0.2) is 0 Å². The summed E-state index contributed by atoms with van der Waals surface area (Å²) in [4.78, 5) is 15.2. The summed E-state index contributed by atoms with van der Waals surface area (Å²) in [5, 5.41) is 9.73. The second-order valence-corrected chi connectivity index (χ2v) is 4.50. The van der Waals surface area contributed by atoms with E-state index in [9.17, 15) is 9.90 Å². The van der Waals surface area contributed by atoms with E-state index in [0.29, 0.717) is 0 Å². The zero-order valence-electron chi connectivity index (χ0n) is 8.36. The van der Waals surface area contributed by atoms with Crippen molar-refractivity contribution in [3.05, 3.63) is 23.8 Å². The Bertz CT molecular complexity index is 434. The lowest BCUT2D eigenvalue weighted by Crippen LogP contribution is -2.02. The van der Waals surface area contributed by atoms with Crippen LogP contribution in [0, 0.1) is 0 Å². The average molecular weight is 221 g/mol. The third-order valence-corrected chi connectivity index (χ3v) is 3.41. The van der Waals surface area contributed by atoms with E-state index in [0.717, 1.165) is 23.3 Å². The maximum Gasteiger partial charge on any atom is 0.235 e. The molecule has 1 N–H and O–H groups in total. The van der Waals surface area contributed by atoms with Crippen LogP contribution in [0.3, 0.4) is 0 Å². The molecule has 0 spiro atoms. The molecule has 0 bridgehead atoms. The summed E-state index contributed by atoms with van der Waals surface area (Å²) in [5.41, 5.74) is 0.259. The van der Waals surface area contributed by atoms with E-state index in [1.807, 2.05) is 18.4 Å². The van der Waals surface area contributed by atoms with E-state index in [-0.39, 0.29) is 5.75 Å². The first-order valence-electron chi connectivity index (χ1n) is 4.68. The molecule has 1 saturated carbocycles. The van der Waals surface area contributed by atoms with Crippen LogP contribution in [0.4, 0.5) is 0 Å². The van der Waals surface area contributed by atoms with Gasteiger partial charge in [-0.3, -0.25) is 0 Å². The molecule has 1 aromatic carbocycles. The van der Waals surface area contributed by atoms with Gasteiger partial charge in [-0.25, -0.2) is 4.79 Å². The highest BCUT2D eigenvalue weighted by Crippen LogP contribution is 2.52. The van der Waals surface area contributed by atoms with Crippen molar-refractivity contribution < 1.29 is 9.90 Å². The van der Waals surface area contributed by atoms with Crippen molar-refractivity contribution in [1.29, 1.82) is 0 Å². The molecule has 0 aliphatic heterocycles. The number of isocyanates is 1. The molecule has 78 valence electrons. The van der Waals surface area contributed by atoms with Crippen LogP contribution >= 0.6 is 11.8 Å². The van der Waals surface area contributed by atoms with Crippen LogP contribution in [-0.4, -0.2) is 17.4 Å². The number of hydrogen-bond donors (Lipinski definition) is 1. The second kappa shape index (κ2) is 3.72. The number of benzene rings is 1. The van der Waals surface area contributed by atoms with Crippen molar-refractivity contribution in [1.82, 2.24) is 0 Å². The Labute approximate surface area is 92.2 Å². The fourth-order valence-corrected chi connectivity index (χ4v) is 2.10. The first-order chi connectivity index (χ1) is 7.22. The molecule has 0 heterocycles. The molecule has 1 fully saturated rings. The Morgan fingerprint density at radius 3 is 2.80 bits per heavy atom. The van der Waals surface area contributed by atoms with Crippen LogP contribution in [0.15, 0.2) is 28.1 Å². The predicted molar refractivity (Wildman–Crippen MR) is 58.9 cm³/mol. The summed E-state index contributed by atoms with van der Waals surface area (Å²) in [6, 6.07) is 5.40. The summed E-state index contributed by atoms with van der Waals surface area (Å²) >= 11 is 1.60. The number of carbonyl (C=O) groups excluding carboxylic acids is 1. The predicted octanol–water partition coefficient (Wildman–Crippen LogP) is 2.44. The fourth-order valence-electron chi connectivity index (χ4n) is 1.66. The molecule has 3 nitrogen and oxygen atoms in total. The SMILES string of the molecule is CSc1ccc(O)c(C2(N=C=O)CC2)c1. The molecule has 0 atom stereocenters. The molecule has 1 aliphatic carbocycles. The summed E-state index contributed by atoms with van der Waals surface area (Å²) in [5.74, 6) is 0.212. The number of thioether (sulfide) groups is 1. The molecule has 2 rings (SSSR count). The van der Waals surface area contributed by atoms with E-state index in [4.69, 9.17) is 0 Å². The number of aliphatic imine (C=N–C) groups is 1. The summed E-state index contributed by atoms with van der Waals surface area (Å²) < 4.78 is 0. The third-order valence-electron chi connectivity index (χ3n) is 2.69. The first-order valence-corrected chi connectivity index (χ1v) is 5.91. The van der Waals surface area contributed by atoms with Gasteiger partial charge in [0.25, 0.3) is 0 Å². The molecular formula is C11H11NO2S. The second-order valence-electron chi connectivity index (χ2n) is 3.62. The lowest BCUT2D eigenvalue weighted by Gasteiger charge is -2.11. The van der Waals surface area contributed by atoms with Crippen LogP contribution in [0.25, 0.3) is 0 Å². The molecule has 4 heteroatoms. The number of rotatable bonds is 3. The van der Waals surface area contributed by atoms with Gasteiger partial charge in [0, 0.05) is 10.5 Å². The van der Waals surface area contributed by atoms with Crippen molar-refractivity contribution in [2.24, 2.45) is 4.99 Å². The number of nitrogens with zero attached hydrogens (tertiary/aromatic N) is 1. The van der Waals surface area contributed by atoms with E-state index >= 15 is 0 Å². The zero-order chi connectivity index (χ0) is 10.9. The summed E-state index contributed by atoms with van der Waals surface area (Å²) in [6.45, 7) is 0. The van der Waals surface area contributed by atoms with Gasteiger partial charge in [-0.15, -0.1) is 11.8 Å². The van der Waals surface area contributed by atoms with Gasteiger partial charge in [0.2, 0.25) is 6.08 Å². The number of phenols is 1. The molecule has 1 aromatic rings. The van der Waals surface area contributed by atoms with Crippen molar-refractivity contribution in [3.63, 3.8) is 0 Å². The summed E-state index contributed by atoms with van der Waals surface area (Å²) in [6.07, 6.45) is 5.19. The van der Waals surface area contributed by atoms with Crippen molar-refractivity contribution >= 4 is 17.8 Å². The Morgan fingerprint density at radius 2 is 2.27 bits per heavy atom. The van der Waals surface area contributed by atoms with E-state index < -0.39 is 5.54 Å². The van der Waals surface area contributed by atoms with Crippen LogP contribution < -0.4 is 0 Å². The molecule has 0 aromatic heterocycles. The summed E-state index contributed by atoms with van der Waals surface area (Å²) in [7, 11) is 0. The highest BCUT2D eigenvalue weighted by molar-refractivity contribution is 7.98. The average Bonchev–Trinajstić information content (AvgIpc) is 3.00. The quantitative estimate of drug-likeness (QED) is 0.484. The van der Waals surface area contributed by atoms with Crippen molar-refractivity contribution in [2.75, 3.05) is 6.26 Å². The van der Waals surface area contributed by atoms with Crippen LogP contribution in [0.1, 0.15) is 18.4 Å². The third kappa shape index (κ3) is 1.78. The Balaban J connectivity index is 2.47. The van der Waals surface area contributed by atoms with Crippen LogP contribution in [-0.2, 0) is 10.3 Å².